The van der Waals surface area contributed by atoms with Crippen LogP contribution in [-0.2, 0) is 13.0 Å². The van der Waals surface area contributed by atoms with E-state index in [4.69, 9.17) is 32.7 Å². The number of ether oxygens (including phenoxy) is 2. The minimum Gasteiger partial charge on any atom is -0.494 e. The molecular weight excluding hydrogens is 361 g/mol. The van der Waals surface area contributed by atoms with Gasteiger partial charge in [0, 0.05) is 24.1 Å². The number of rotatable bonds is 5. The van der Waals surface area contributed by atoms with Crippen molar-refractivity contribution in [2.24, 2.45) is 0 Å². The highest BCUT2D eigenvalue weighted by molar-refractivity contribution is 6.43. The first-order valence-corrected chi connectivity index (χ1v) is 8.92. The molecule has 132 valence electrons. The van der Waals surface area contributed by atoms with Gasteiger partial charge in [0.25, 0.3) is 5.91 Å². The van der Waals surface area contributed by atoms with Gasteiger partial charge in [-0.3, -0.25) is 4.79 Å². The van der Waals surface area contributed by atoms with Crippen LogP contribution in [-0.4, -0.2) is 18.6 Å². The van der Waals surface area contributed by atoms with Gasteiger partial charge < -0.3 is 14.8 Å². The maximum absolute atomic E-state index is 12.4. The van der Waals surface area contributed by atoms with Crippen LogP contribution in [0.2, 0.25) is 10.0 Å². The summed E-state index contributed by atoms with van der Waals surface area (Å²) in [7, 11) is 0. The van der Waals surface area contributed by atoms with Gasteiger partial charge in [-0.2, -0.15) is 0 Å². The zero-order valence-electron chi connectivity index (χ0n) is 14.1. The lowest BCUT2D eigenvalue weighted by molar-refractivity contribution is 0.0950. The Morgan fingerprint density at radius 1 is 1.36 bits per heavy atom. The van der Waals surface area contributed by atoms with Crippen molar-refractivity contribution in [3.05, 3.63) is 57.1 Å². The van der Waals surface area contributed by atoms with Crippen LogP contribution < -0.4 is 14.8 Å². The van der Waals surface area contributed by atoms with E-state index in [2.05, 4.69) is 5.32 Å². The minimum atomic E-state index is -0.287. The van der Waals surface area contributed by atoms with Crippen LogP contribution in [0.15, 0.2) is 30.3 Å². The van der Waals surface area contributed by atoms with E-state index in [1.54, 1.807) is 18.2 Å². The van der Waals surface area contributed by atoms with Crippen molar-refractivity contribution >= 4 is 29.1 Å². The summed E-state index contributed by atoms with van der Waals surface area (Å²) in [6, 6.07) is 8.91. The van der Waals surface area contributed by atoms with Crippen LogP contribution in [0.1, 0.15) is 35.3 Å². The maximum Gasteiger partial charge on any atom is 0.253 e. The molecule has 1 aliphatic rings. The van der Waals surface area contributed by atoms with Gasteiger partial charge in [-0.25, -0.2) is 0 Å². The highest BCUT2D eigenvalue weighted by Crippen LogP contribution is 2.35. The monoisotopic (exact) mass is 379 g/mol. The van der Waals surface area contributed by atoms with Crippen molar-refractivity contribution in [2.45, 2.75) is 32.9 Å². The second-order valence-corrected chi connectivity index (χ2v) is 6.70. The Kier molecular flexibility index (Phi) is 5.40. The molecule has 1 N–H and O–H groups in total. The quantitative estimate of drug-likeness (QED) is 0.822. The first-order chi connectivity index (χ1) is 12.0. The Morgan fingerprint density at radius 2 is 2.16 bits per heavy atom. The van der Waals surface area contributed by atoms with Crippen LogP contribution in [0.4, 0.5) is 0 Å². The van der Waals surface area contributed by atoms with E-state index in [-0.39, 0.29) is 17.0 Å². The summed E-state index contributed by atoms with van der Waals surface area (Å²) >= 11 is 12.1. The third-order valence-corrected chi connectivity index (χ3v) is 4.83. The van der Waals surface area contributed by atoms with Gasteiger partial charge >= 0.3 is 0 Å². The van der Waals surface area contributed by atoms with E-state index in [1.165, 1.54) is 0 Å². The molecule has 0 fully saturated rings. The molecule has 0 radical (unpaired) electrons. The molecule has 1 aliphatic heterocycles. The topological polar surface area (TPSA) is 47.6 Å². The zero-order chi connectivity index (χ0) is 18.0. The average molecular weight is 380 g/mol. The zero-order valence-corrected chi connectivity index (χ0v) is 15.6. The van der Waals surface area contributed by atoms with Crippen molar-refractivity contribution in [1.82, 2.24) is 5.32 Å². The fourth-order valence-corrected chi connectivity index (χ4v) is 3.25. The number of nitrogens with one attached hydrogen (secondary N) is 1. The summed E-state index contributed by atoms with van der Waals surface area (Å²) in [6.07, 6.45) is 1.01. The third-order valence-electron chi connectivity index (χ3n) is 4.01. The molecule has 2 aromatic carbocycles. The van der Waals surface area contributed by atoms with Gasteiger partial charge in [0.1, 0.15) is 17.6 Å². The summed E-state index contributed by atoms with van der Waals surface area (Å²) in [5, 5.41) is 3.47. The van der Waals surface area contributed by atoms with Gasteiger partial charge in [0.05, 0.1) is 22.2 Å². The van der Waals surface area contributed by atoms with Gasteiger partial charge in [0.2, 0.25) is 0 Å². The molecule has 1 amide bonds. The van der Waals surface area contributed by atoms with E-state index in [9.17, 15) is 4.79 Å². The summed E-state index contributed by atoms with van der Waals surface area (Å²) < 4.78 is 11.5. The number of fused-ring (bicyclic) bond motifs is 1. The number of carbonyl (C=O) groups excluding carboxylic acids is 1. The van der Waals surface area contributed by atoms with Crippen molar-refractivity contribution in [2.75, 3.05) is 6.61 Å². The van der Waals surface area contributed by atoms with E-state index in [1.807, 2.05) is 26.0 Å². The van der Waals surface area contributed by atoms with Crippen LogP contribution in [0, 0.1) is 0 Å². The number of benzene rings is 2. The molecule has 0 spiro atoms. The first kappa shape index (κ1) is 17.9. The SMILES string of the molecule is CCOc1cc2c(cc1CNC(=O)c1cccc(Cl)c1Cl)OC(C)C2. The first-order valence-electron chi connectivity index (χ1n) is 8.17. The number of hydrogen-bond acceptors (Lipinski definition) is 3. The molecule has 25 heavy (non-hydrogen) atoms. The number of halogens is 2. The predicted molar refractivity (Wildman–Crippen MR) is 99.0 cm³/mol. The van der Waals surface area contributed by atoms with Gasteiger partial charge in [0.15, 0.2) is 0 Å². The summed E-state index contributed by atoms with van der Waals surface area (Å²) in [6.45, 7) is 4.82. The van der Waals surface area contributed by atoms with Gasteiger partial charge in [-0.05, 0) is 38.1 Å². The van der Waals surface area contributed by atoms with Crippen LogP contribution >= 0.6 is 23.2 Å². The predicted octanol–water partition coefficient (Wildman–Crippen LogP) is 4.65. The second-order valence-electron chi connectivity index (χ2n) is 5.92. The smallest absolute Gasteiger partial charge is 0.253 e. The maximum atomic E-state index is 12.4. The lowest BCUT2D eigenvalue weighted by Crippen LogP contribution is -2.23. The summed E-state index contributed by atoms with van der Waals surface area (Å²) in [5.74, 6) is 1.32. The van der Waals surface area contributed by atoms with E-state index >= 15 is 0 Å². The Bertz CT molecular complexity index is 807. The second kappa shape index (κ2) is 7.54. The van der Waals surface area contributed by atoms with Crippen LogP contribution in [0.5, 0.6) is 11.5 Å². The van der Waals surface area contributed by atoms with Crippen molar-refractivity contribution in [1.29, 1.82) is 0 Å². The fraction of sp³-hybridized carbons (Fsp3) is 0.316. The molecular formula is C19H19Cl2NO3. The molecule has 0 saturated carbocycles. The van der Waals surface area contributed by atoms with Crippen molar-refractivity contribution < 1.29 is 14.3 Å². The number of hydrogen-bond donors (Lipinski definition) is 1. The molecule has 0 bridgehead atoms. The number of carbonyl (C=O) groups is 1. The standard InChI is InChI=1S/C19H19Cl2NO3/c1-3-24-16-8-12-7-11(2)25-17(12)9-13(16)10-22-19(23)14-5-4-6-15(20)18(14)21/h4-6,8-9,11H,3,7,10H2,1-2H3,(H,22,23). The molecule has 6 heteroatoms. The van der Waals surface area contributed by atoms with Crippen LogP contribution in [0.3, 0.4) is 0 Å². The molecule has 4 nitrogen and oxygen atoms in total. The highest BCUT2D eigenvalue weighted by Gasteiger charge is 2.22. The van der Waals surface area contributed by atoms with E-state index in [0.29, 0.717) is 23.7 Å². The Labute approximate surface area is 157 Å². The average Bonchev–Trinajstić information content (AvgIpc) is 2.94. The molecule has 2 aromatic rings. The Hall–Kier alpha value is -1.91. The molecule has 0 aromatic heterocycles. The summed E-state index contributed by atoms with van der Waals surface area (Å²) in [4.78, 5) is 12.4. The largest absolute Gasteiger partial charge is 0.494 e. The Morgan fingerprint density at radius 3 is 2.92 bits per heavy atom. The van der Waals surface area contributed by atoms with Crippen molar-refractivity contribution in [3.8, 4) is 11.5 Å². The Balaban J connectivity index is 1.79. The molecule has 1 atom stereocenters. The van der Waals surface area contributed by atoms with Gasteiger partial charge in [-0.15, -0.1) is 0 Å². The molecule has 1 heterocycles. The van der Waals surface area contributed by atoms with E-state index in [0.717, 1.165) is 29.0 Å². The van der Waals surface area contributed by atoms with Gasteiger partial charge in [-0.1, -0.05) is 29.3 Å². The highest BCUT2D eigenvalue weighted by atomic mass is 35.5. The lowest BCUT2D eigenvalue weighted by atomic mass is 10.1. The van der Waals surface area contributed by atoms with E-state index < -0.39 is 0 Å². The summed E-state index contributed by atoms with van der Waals surface area (Å²) in [5.41, 5.74) is 2.34. The third kappa shape index (κ3) is 3.86. The fourth-order valence-electron chi connectivity index (χ4n) is 2.86. The van der Waals surface area contributed by atoms with Crippen LogP contribution in [0.25, 0.3) is 0 Å². The normalized spacial score (nSPS) is 15.4. The molecule has 0 aliphatic carbocycles. The molecule has 0 saturated heterocycles. The number of amides is 1. The van der Waals surface area contributed by atoms with Crippen molar-refractivity contribution in [3.63, 3.8) is 0 Å². The molecule has 1 unspecified atom stereocenters. The lowest BCUT2D eigenvalue weighted by Gasteiger charge is -2.14. The molecule has 3 rings (SSSR count). The minimum absolute atomic E-state index is 0.152.